The SMILES string of the molecule is COc1ccc2nc3ccc(OC)cc3c(C(=O)OC(F)(C(F)F)C(F)(F)F)c2c1. The summed E-state index contributed by atoms with van der Waals surface area (Å²) in [5.41, 5.74) is -0.359. The molecule has 0 amide bonds. The number of nitrogens with zero attached hydrogens (tertiary/aromatic N) is 1. The molecule has 1 aromatic heterocycles. The van der Waals surface area contributed by atoms with Crippen molar-refractivity contribution in [2.24, 2.45) is 0 Å². The van der Waals surface area contributed by atoms with Crippen LogP contribution in [-0.2, 0) is 4.74 Å². The summed E-state index contributed by atoms with van der Waals surface area (Å²) in [6.07, 6.45) is -10.8. The molecule has 0 saturated heterocycles. The summed E-state index contributed by atoms with van der Waals surface area (Å²) in [5, 5.41) is -0.169. The van der Waals surface area contributed by atoms with Crippen molar-refractivity contribution in [1.82, 2.24) is 4.98 Å². The summed E-state index contributed by atoms with van der Waals surface area (Å²) >= 11 is 0. The van der Waals surface area contributed by atoms with E-state index in [1.54, 1.807) is 0 Å². The van der Waals surface area contributed by atoms with Crippen molar-refractivity contribution in [2.75, 3.05) is 14.2 Å². The van der Waals surface area contributed by atoms with E-state index < -0.39 is 30.0 Å². The smallest absolute Gasteiger partial charge is 0.466 e. The van der Waals surface area contributed by atoms with Crippen LogP contribution in [0.15, 0.2) is 36.4 Å². The molecule has 30 heavy (non-hydrogen) atoms. The average molecular weight is 433 g/mol. The first-order valence-electron chi connectivity index (χ1n) is 8.24. The lowest BCUT2D eigenvalue weighted by Gasteiger charge is -2.26. The van der Waals surface area contributed by atoms with Gasteiger partial charge in [0.1, 0.15) is 11.5 Å². The van der Waals surface area contributed by atoms with Crippen LogP contribution in [0.4, 0.5) is 26.3 Å². The van der Waals surface area contributed by atoms with Crippen LogP contribution in [-0.4, -0.2) is 43.6 Å². The van der Waals surface area contributed by atoms with Gasteiger partial charge in [-0.2, -0.15) is 17.6 Å². The highest BCUT2D eigenvalue weighted by molar-refractivity contribution is 6.14. The number of alkyl halides is 6. The second kappa shape index (κ2) is 7.54. The highest BCUT2D eigenvalue weighted by Crippen LogP contribution is 2.41. The van der Waals surface area contributed by atoms with E-state index in [0.29, 0.717) is 0 Å². The number of pyridine rings is 1. The van der Waals surface area contributed by atoms with Crippen LogP contribution in [0.3, 0.4) is 0 Å². The molecule has 0 saturated carbocycles. The first-order valence-corrected chi connectivity index (χ1v) is 8.24. The Morgan fingerprint density at radius 3 is 1.73 bits per heavy atom. The molecule has 0 spiro atoms. The molecule has 3 rings (SSSR count). The number of ether oxygens (including phenoxy) is 3. The maximum atomic E-state index is 14.1. The van der Waals surface area contributed by atoms with E-state index in [-0.39, 0.29) is 33.3 Å². The number of esters is 1. The monoisotopic (exact) mass is 433 g/mol. The molecular formula is C19H13F6NO4. The van der Waals surface area contributed by atoms with Crippen molar-refractivity contribution in [3.05, 3.63) is 42.0 Å². The fourth-order valence-corrected chi connectivity index (χ4v) is 2.79. The third-order valence-electron chi connectivity index (χ3n) is 4.30. The van der Waals surface area contributed by atoms with Crippen molar-refractivity contribution in [3.63, 3.8) is 0 Å². The Morgan fingerprint density at radius 2 is 1.37 bits per heavy atom. The minimum Gasteiger partial charge on any atom is -0.497 e. The molecule has 0 radical (unpaired) electrons. The molecule has 0 aliphatic heterocycles. The van der Waals surface area contributed by atoms with Crippen LogP contribution in [0.5, 0.6) is 11.5 Å². The number of hydrogen-bond acceptors (Lipinski definition) is 5. The maximum Gasteiger partial charge on any atom is 0.466 e. The summed E-state index contributed by atoms with van der Waals surface area (Å²) in [6.45, 7) is 0. The molecule has 1 unspecified atom stereocenters. The van der Waals surface area contributed by atoms with E-state index in [1.165, 1.54) is 50.6 Å². The Labute approximate surface area is 165 Å². The third kappa shape index (κ3) is 3.55. The van der Waals surface area contributed by atoms with Crippen LogP contribution < -0.4 is 9.47 Å². The number of halogens is 6. The van der Waals surface area contributed by atoms with Gasteiger partial charge >= 0.3 is 24.4 Å². The van der Waals surface area contributed by atoms with Gasteiger partial charge in [-0.05, 0) is 36.4 Å². The van der Waals surface area contributed by atoms with Crippen molar-refractivity contribution in [2.45, 2.75) is 18.5 Å². The number of carbonyl (C=O) groups is 1. The fraction of sp³-hybridized carbons (Fsp3) is 0.263. The minimum absolute atomic E-state index is 0.0844. The normalized spacial score (nSPS) is 14.0. The molecular weight excluding hydrogens is 420 g/mol. The van der Waals surface area contributed by atoms with Gasteiger partial charge in [0, 0.05) is 10.8 Å². The van der Waals surface area contributed by atoms with E-state index >= 15 is 0 Å². The molecule has 0 N–H and O–H groups in total. The van der Waals surface area contributed by atoms with E-state index in [2.05, 4.69) is 9.72 Å². The lowest BCUT2D eigenvalue weighted by Crippen LogP contribution is -2.51. The van der Waals surface area contributed by atoms with Gasteiger partial charge in [0.2, 0.25) is 0 Å². The van der Waals surface area contributed by atoms with Crippen LogP contribution >= 0.6 is 0 Å². The predicted molar refractivity (Wildman–Crippen MR) is 93.7 cm³/mol. The zero-order valence-electron chi connectivity index (χ0n) is 15.4. The van der Waals surface area contributed by atoms with Gasteiger partial charge in [0.05, 0.1) is 30.8 Å². The Morgan fingerprint density at radius 1 is 0.900 bits per heavy atom. The van der Waals surface area contributed by atoms with E-state index in [9.17, 15) is 31.1 Å². The molecule has 0 fully saturated rings. The summed E-state index contributed by atoms with van der Waals surface area (Å²) in [7, 11) is 2.59. The number of aromatic nitrogens is 1. The van der Waals surface area contributed by atoms with Crippen molar-refractivity contribution in [1.29, 1.82) is 0 Å². The number of carbonyl (C=O) groups excluding carboxylic acids is 1. The van der Waals surface area contributed by atoms with Gasteiger partial charge in [-0.3, -0.25) is 0 Å². The van der Waals surface area contributed by atoms with Crippen LogP contribution in [0.2, 0.25) is 0 Å². The minimum atomic E-state index is -6.16. The Kier molecular flexibility index (Phi) is 5.40. The summed E-state index contributed by atoms with van der Waals surface area (Å²) in [6, 6.07) is 8.21. The maximum absolute atomic E-state index is 14.1. The third-order valence-corrected chi connectivity index (χ3v) is 4.30. The van der Waals surface area contributed by atoms with Crippen molar-refractivity contribution >= 4 is 27.8 Å². The second-order valence-electron chi connectivity index (χ2n) is 6.09. The molecule has 1 heterocycles. The summed E-state index contributed by atoms with van der Waals surface area (Å²) < 4.78 is 92.4. The van der Waals surface area contributed by atoms with Gasteiger partial charge in [-0.1, -0.05) is 0 Å². The number of rotatable bonds is 5. The first-order chi connectivity index (χ1) is 14.0. The molecule has 160 valence electrons. The Bertz CT molecular complexity index is 1060. The highest BCUT2D eigenvalue weighted by Gasteiger charge is 2.67. The van der Waals surface area contributed by atoms with Crippen LogP contribution in [0.1, 0.15) is 10.4 Å². The molecule has 5 nitrogen and oxygen atoms in total. The standard InChI is InChI=1S/C19H13F6NO4/c1-28-9-3-5-13-11(7-9)15(12-8-10(29-2)4-6-14(12)26-13)16(27)30-18(22,17(20)21)19(23,24)25/h3-8,17H,1-2H3. The molecule has 0 bridgehead atoms. The number of methoxy groups -OCH3 is 2. The largest absolute Gasteiger partial charge is 0.497 e. The van der Waals surface area contributed by atoms with Gasteiger partial charge in [0.25, 0.3) is 0 Å². The zero-order chi connectivity index (χ0) is 22.3. The van der Waals surface area contributed by atoms with Crippen LogP contribution in [0, 0.1) is 0 Å². The van der Waals surface area contributed by atoms with Crippen molar-refractivity contribution < 1.29 is 45.3 Å². The number of fused-ring (bicyclic) bond motifs is 2. The Hall–Kier alpha value is -3.24. The first kappa shape index (κ1) is 21.5. The molecule has 2 aromatic carbocycles. The number of hydrogen-bond donors (Lipinski definition) is 0. The van der Waals surface area contributed by atoms with Gasteiger partial charge < -0.3 is 14.2 Å². The lowest BCUT2D eigenvalue weighted by atomic mass is 10.0. The highest BCUT2D eigenvalue weighted by atomic mass is 19.4. The topological polar surface area (TPSA) is 57.7 Å². The predicted octanol–water partition coefficient (Wildman–Crippen LogP) is 5.06. The van der Waals surface area contributed by atoms with Crippen LogP contribution in [0.25, 0.3) is 21.8 Å². The molecule has 3 aromatic rings. The lowest BCUT2D eigenvalue weighted by molar-refractivity contribution is -0.349. The fourth-order valence-electron chi connectivity index (χ4n) is 2.79. The summed E-state index contributed by atoms with van der Waals surface area (Å²) in [5.74, 6) is -7.06. The van der Waals surface area contributed by atoms with Gasteiger partial charge in [-0.25, -0.2) is 18.6 Å². The molecule has 11 heteroatoms. The van der Waals surface area contributed by atoms with E-state index in [4.69, 9.17) is 9.47 Å². The molecule has 0 aliphatic carbocycles. The zero-order valence-corrected chi connectivity index (χ0v) is 15.4. The second-order valence-corrected chi connectivity index (χ2v) is 6.09. The Balaban J connectivity index is 2.30. The summed E-state index contributed by atoms with van der Waals surface area (Å²) in [4.78, 5) is 16.9. The van der Waals surface area contributed by atoms with Crippen molar-refractivity contribution in [3.8, 4) is 11.5 Å². The molecule has 1 atom stereocenters. The van der Waals surface area contributed by atoms with E-state index in [0.717, 1.165) is 0 Å². The quantitative estimate of drug-likeness (QED) is 0.320. The van der Waals surface area contributed by atoms with E-state index in [1.807, 2.05) is 0 Å². The number of benzene rings is 2. The average Bonchev–Trinajstić information content (AvgIpc) is 2.69. The molecule has 0 aliphatic rings. The van der Waals surface area contributed by atoms with Gasteiger partial charge in [-0.15, -0.1) is 0 Å². The van der Waals surface area contributed by atoms with Gasteiger partial charge in [0.15, 0.2) is 0 Å².